The number of nitrogens with zero attached hydrogens (tertiary/aromatic N) is 4. The maximum absolute atomic E-state index is 13.0. The SMILES string of the molecule is O=C(CN1CCCN(C(=O)Cn2ccc(-c3cccs3)n2)CC1)Nc1ccc(F)cc1. The molecule has 0 bridgehead atoms. The number of halogens is 1. The van der Waals surface area contributed by atoms with Gasteiger partial charge in [0.25, 0.3) is 0 Å². The van der Waals surface area contributed by atoms with Crippen LogP contribution in [0.1, 0.15) is 6.42 Å². The van der Waals surface area contributed by atoms with Gasteiger partial charge in [-0.25, -0.2) is 4.39 Å². The summed E-state index contributed by atoms with van der Waals surface area (Å²) in [5.74, 6) is -0.462. The van der Waals surface area contributed by atoms with Gasteiger partial charge in [0.05, 0.1) is 11.4 Å². The summed E-state index contributed by atoms with van der Waals surface area (Å²) in [7, 11) is 0. The number of carbonyl (C=O) groups is 2. The molecule has 1 fully saturated rings. The molecule has 0 unspecified atom stereocenters. The number of rotatable bonds is 6. The highest BCUT2D eigenvalue weighted by molar-refractivity contribution is 7.13. The van der Waals surface area contributed by atoms with Crippen molar-refractivity contribution in [1.29, 1.82) is 0 Å². The predicted octanol–water partition coefficient (Wildman–Crippen LogP) is 2.92. The summed E-state index contributed by atoms with van der Waals surface area (Å²) in [6.07, 6.45) is 2.63. The van der Waals surface area contributed by atoms with Crippen LogP contribution in [0.5, 0.6) is 0 Å². The normalized spacial score (nSPS) is 14.9. The lowest BCUT2D eigenvalue weighted by molar-refractivity contribution is -0.131. The molecule has 0 radical (unpaired) electrons. The summed E-state index contributed by atoms with van der Waals surface area (Å²) in [5, 5.41) is 9.28. The zero-order chi connectivity index (χ0) is 21.6. The van der Waals surface area contributed by atoms with Gasteiger partial charge in [0, 0.05) is 38.1 Å². The highest BCUT2D eigenvalue weighted by Gasteiger charge is 2.21. The van der Waals surface area contributed by atoms with Gasteiger partial charge in [-0.3, -0.25) is 19.2 Å². The molecule has 1 N–H and O–H groups in total. The van der Waals surface area contributed by atoms with Crippen molar-refractivity contribution in [2.45, 2.75) is 13.0 Å². The van der Waals surface area contributed by atoms with Gasteiger partial charge in [-0.15, -0.1) is 11.3 Å². The first-order chi connectivity index (χ1) is 15.1. The van der Waals surface area contributed by atoms with Gasteiger partial charge in [0.15, 0.2) is 0 Å². The quantitative estimate of drug-likeness (QED) is 0.639. The Bertz CT molecular complexity index is 1020. The average Bonchev–Trinajstić information content (AvgIpc) is 3.39. The Morgan fingerprint density at radius 3 is 2.65 bits per heavy atom. The molecule has 9 heteroatoms. The van der Waals surface area contributed by atoms with Crippen molar-refractivity contribution in [3.05, 3.63) is 59.9 Å². The van der Waals surface area contributed by atoms with Crippen LogP contribution in [0, 0.1) is 5.82 Å². The molecule has 0 saturated carbocycles. The number of aromatic nitrogens is 2. The maximum Gasteiger partial charge on any atom is 0.244 e. The Labute approximate surface area is 184 Å². The largest absolute Gasteiger partial charge is 0.340 e. The monoisotopic (exact) mass is 441 g/mol. The van der Waals surface area contributed by atoms with Crippen molar-refractivity contribution in [2.24, 2.45) is 0 Å². The minimum Gasteiger partial charge on any atom is -0.340 e. The van der Waals surface area contributed by atoms with E-state index in [1.165, 1.54) is 24.3 Å². The van der Waals surface area contributed by atoms with Gasteiger partial charge < -0.3 is 10.2 Å². The van der Waals surface area contributed by atoms with Gasteiger partial charge in [0.2, 0.25) is 11.8 Å². The molecule has 1 saturated heterocycles. The third-order valence-corrected chi connectivity index (χ3v) is 6.04. The smallest absolute Gasteiger partial charge is 0.244 e. The van der Waals surface area contributed by atoms with Crippen molar-refractivity contribution in [1.82, 2.24) is 19.6 Å². The van der Waals surface area contributed by atoms with Crippen LogP contribution in [0.25, 0.3) is 10.6 Å². The van der Waals surface area contributed by atoms with E-state index < -0.39 is 0 Å². The van der Waals surface area contributed by atoms with Crippen molar-refractivity contribution in [3.63, 3.8) is 0 Å². The number of amides is 2. The minimum absolute atomic E-state index is 0.0263. The van der Waals surface area contributed by atoms with E-state index in [9.17, 15) is 14.0 Å². The minimum atomic E-state index is -0.340. The zero-order valence-corrected chi connectivity index (χ0v) is 17.9. The number of hydrogen-bond donors (Lipinski definition) is 1. The molecule has 31 heavy (non-hydrogen) atoms. The Hall–Kier alpha value is -3.04. The molecule has 1 aliphatic rings. The van der Waals surface area contributed by atoms with Crippen molar-refractivity contribution < 1.29 is 14.0 Å². The Morgan fingerprint density at radius 2 is 1.87 bits per heavy atom. The van der Waals surface area contributed by atoms with Crippen LogP contribution in [0.15, 0.2) is 54.0 Å². The molecule has 1 aromatic carbocycles. The predicted molar refractivity (Wildman–Crippen MR) is 118 cm³/mol. The molecule has 3 aromatic rings. The summed E-state index contributed by atoms with van der Waals surface area (Å²) in [4.78, 5) is 30.0. The number of nitrogens with one attached hydrogen (secondary N) is 1. The maximum atomic E-state index is 13.0. The van der Waals surface area contributed by atoms with E-state index in [-0.39, 0.29) is 30.7 Å². The fourth-order valence-corrected chi connectivity index (χ4v) is 4.25. The van der Waals surface area contributed by atoms with E-state index >= 15 is 0 Å². The summed E-state index contributed by atoms with van der Waals surface area (Å²) in [6.45, 7) is 3.04. The van der Waals surface area contributed by atoms with Gasteiger partial charge >= 0.3 is 0 Å². The molecule has 0 atom stereocenters. The van der Waals surface area contributed by atoms with Gasteiger partial charge in [-0.1, -0.05) is 6.07 Å². The molecular formula is C22H24FN5O2S. The van der Waals surface area contributed by atoms with E-state index in [1.807, 2.05) is 39.6 Å². The third kappa shape index (κ3) is 5.77. The van der Waals surface area contributed by atoms with Gasteiger partial charge in [0.1, 0.15) is 18.1 Å². The van der Waals surface area contributed by atoms with E-state index in [4.69, 9.17) is 0 Å². The number of thiophene rings is 1. The number of carbonyl (C=O) groups excluding carboxylic acids is 2. The van der Waals surface area contributed by atoms with Crippen molar-refractivity contribution in [2.75, 3.05) is 38.0 Å². The Kier molecular flexibility index (Phi) is 6.73. The van der Waals surface area contributed by atoms with Crippen molar-refractivity contribution in [3.8, 4) is 10.6 Å². The average molecular weight is 442 g/mol. The highest BCUT2D eigenvalue weighted by Crippen LogP contribution is 2.22. The first kappa shape index (κ1) is 21.2. The molecule has 162 valence electrons. The third-order valence-electron chi connectivity index (χ3n) is 5.15. The standard InChI is InChI=1S/C22H24FN5O2S/c23-17-4-6-18(7-5-17)24-21(29)15-26-9-2-10-27(13-12-26)22(30)16-28-11-8-19(25-28)20-3-1-14-31-20/h1,3-8,11,14H,2,9-10,12-13,15-16H2,(H,24,29). The van der Waals surface area contributed by atoms with E-state index in [1.54, 1.807) is 16.0 Å². The molecule has 7 nitrogen and oxygen atoms in total. The van der Waals surface area contributed by atoms with E-state index in [2.05, 4.69) is 10.4 Å². The molecule has 0 spiro atoms. The number of hydrogen-bond acceptors (Lipinski definition) is 5. The summed E-state index contributed by atoms with van der Waals surface area (Å²) in [5.41, 5.74) is 1.44. The molecule has 2 amide bonds. The summed E-state index contributed by atoms with van der Waals surface area (Å²) in [6, 6.07) is 11.6. The second kappa shape index (κ2) is 9.84. The molecule has 2 aromatic heterocycles. The topological polar surface area (TPSA) is 70.5 Å². The Balaban J connectivity index is 1.26. The zero-order valence-electron chi connectivity index (χ0n) is 17.0. The van der Waals surface area contributed by atoms with Crippen LogP contribution in [-0.2, 0) is 16.1 Å². The van der Waals surface area contributed by atoms with Crippen LogP contribution in [0.3, 0.4) is 0 Å². The molecular weight excluding hydrogens is 417 g/mol. The molecule has 0 aliphatic carbocycles. The van der Waals surface area contributed by atoms with Crippen molar-refractivity contribution >= 4 is 28.8 Å². The second-order valence-corrected chi connectivity index (χ2v) is 8.39. The summed E-state index contributed by atoms with van der Waals surface area (Å²) < 4.78 is 14.7. The van der Waals surface area contributed by atoms with E-state index in [0.717, 1.165) is 23.5 Å². The van der Waals surface area contributed by atoms with Crippen LogP contribution in [-0.4, -0.2) is 64.1 Å². The number of anilines is 1. The van der Waals surface area contributed by atoms with Crippen LogP contribution in [0.4, 0.5) is 10.1 Å². The van der Waals surface area contributed by atoms with Gasteiger partial charge in [-0.2, -0.15) is 5.10 Å². The fraction of sp³-hybridized carbons (Fsp3) is 0.318. The molecule has 4 rings (SSSR count). The lowest BCUT2D eigenvalue weighted by Gasteiger charge is -2.21. The highest BCUT2D eigenvalue weighted by atomic mass is 32.1. The molecule has 3 heterocycles. The van der Waals surface area contributed by atoms with Crippen LogP contribution >= 0.6 is 11.3 Å². The lowest BCUT2D eigenvalue weighted by atomic mass is 10.3. The first-order valence-corrected chi connectivity index (χ1v) is 11.1. The second-order valence-electron chi connectivity index (χ2n) is 7.44. The fourth-order valence-electron chi connectivity index (χ4n) is 3.56. The van der Waals surface area contributed by atoms with Crippen LogP contribution < -0.4 is 5.32 Å². The first-order valence-electron chi connectivity index (χ1n) is 10.2. The summed E-state index contributed by atoms with van der Waals surface area (Å²) >= 11 is 1.62. The van der Waals surface area contributed by atoms with E-state index in [0.29, 0.717) is 25.3 Å². The van der Waals surface area contributed by atoms with Gasteiger partial charge in [-0.05, 0) is 48.2 Å². The van der Waals surface area contributed by atoms with Crippen LogP contribution in [0.2, 0.25) is 0 Å². The lowest BCUT2D eigenvalue weighted by Crippen LogP contribution is -2.39. The number of benzene rings is 1. The Morgan fingerprint density at radius 1 is 1.03 bits per heavy atom. The molecule has 1 aliphatic heterocycles.